The molecule has 6 unspecified atom stereocenters. The van der Waals surface area contributed by atoms with Gasteiger partial charge in [-0.2, -0.15) is 0 Å². The van der Waals surface area contributed by atoms with Crippen molar-refractivity contribution in [3.63, 3.8) is 0 Å². The van der Waals surface area contributed by atoms with E-state index in [2.05, 4.69) is 105 Å². The van der Waals surface area contributed by atoms with E-state index < -0.39 is 63.1 Å². The maximum absolute atomic E-state index is 12.8. The number of rotatable bonds is 34. The lowest BCUT2D eigenvalue weighted by Crippen LogP contribution is -2.64. The van der Waals surface area contributed by atoms with Crippen LogP contribution in [-0.4, -0.2) is 98.9 Å². The van der Waals surface area contributed by atoms with Crippen LogP contribution in [0.3, 0.4) is 0 Å². The van der Waals surface area contributed by atoms with Crippen LogP contribution in [0.4, 0.5) is 0 Å². The first-order valence-electron chi connectivity index (χ1n) is 21.7. The molecule has 0 saturated heterocycles. The minimum Gasteiger partial charge on any atom is -0.457 e. The smallest absolute Gasteiger partial charge is 0.457 e. The van der Waals surface area contributed by atoms with Crippen molar-refractivity contribution < 1.29 is 58.3 Å². The van der Waals surface area contributed by atoms with E-state index in [9.17, 15) is 39.8 Å². The molecule has 0 amide bonds. The van der Waals surface area contributed by atoms with E-state index in [0.717, 1.165) is 89.9 Å². The Bertz CT molecular complexity index is 1400. The maximum Gasteiger partial charge on any atom is 0.472 e. The van der Waals surface area contributed by atoms with E-state index in [1.54, 1.807) is 0 Å². The number of phosphoric acid groups is 1. The molecule has 13 heteroatoms. The summed E-state index contributed by atoms with van der Waals surface area (Å²) >= 11 is 0. The third-order valence-corrected chi connectivity index (χ3v) is 10.1. The molecule has 12 nitrogen and oxygen atoms in total. The number of hydrogen-bond donors (Lipinski definition) is 6. The third-order valence-electron chi connectivity index (χ3n) is 9.15. The molecule has 0 radical (unpaired) electrons. The van der Waals surface area contributed by atoms with Gasteiger partial charge in [-0.1, -0.05) is 136 Å². The average molecular weight is 863 g/mol. The van der Waals surface area contributed by atoms with Gasteiger partial charge in [0.15, 0.2) is 0 Å². The largest absolute Gasteiger partial charge is 0.472 e. The van der Waals surface area contributed by atoms with Crippen molar-refractivity contribution in [3.8, 4) is 0 Å². The summed E-state index contributed by atoms with van der Waals surface area (Å²) < 4.78 is 34.0. The number of allylic oxidation sites excluding steroid dienone is 18. The highest BCUT2D eigenvalue weighted by Gasteiger charge is 2.51. The zero-order valence-electron chi connectivity index (χ0n) is 35.9. The van der Waals surface area contributed by atoms with Crippen molar-refractivity contribution in [1.82, 2.24) is 0 Å². The Morgan fingerprint density at radius 1 is 0.533 bits per heavy atom. The van der Waals surface area contributed by atoms with E-state index in [-0.39, 0.29) is 13.0 Å². The minimum absolute atomic E-state index is 0.0501. The van der Waals surface area contributed by atoms with Crippen molar-refractivity contribution in [2.75, 3.05) is 19.8 Å². The van der Waals surface area contributed by atoms with E-state index >= 15 is 0 Å². The Morgan fingerprint density at radius 3 is 1.40 bits per heavy atom. The molecule has 0 aliphatic heterocycles. The zero-order valence-corrected chi connectivity index (χ0v) is 36.8. The predicted molar refractivity (Wildman–Crippen MR) is 239 cm³/mol. The van der Waals surface area contributed by atoms with Gasteiger partial charge in [-0.25, -0.2) is 4.57 Å². The van der Waals surface area contributed by atoms with Gasteiger partial charge in [0.2, 0.25) is 0 Å². The van der Waals surface area contributed by atoms with Crippen LogP contribution < -0.4 is 0 Å². The Hall–Kier alpha value is -3.00. The van der Waals surface area contributed by atoms with Gasteiger partial charge in [0.1, 0.15) is 42.7 Å². The lowest BCUT2D eigenvalue weighted by atomic mass is 9.85. The first kappa shape index (κ1) is 55.0. The highest BCUT2D eigenvalue weighted by atomic mass is 31.2. The molecular formula is C47H75O12P. The molecule has 1 aliphatic carbocycles. The molecule has 0 spiro atoms. The van der Waals surface area contributed by atoms with Crippen LogP contribution in [0.2, 0.25) is 0 Å². The molecule has 1 fully saturated rings. The van der Waals surface area contributed by atoms with Gasteiger partial charge in [0.25, 0.3) is 0 Å². The van der Waals surface area contributed by atoms with Crippen LogP contribution in [-0.2, 0) is 27.9 Å². The third kappa shape index (κ3) is 28.5. The molecule has 0 aromatic rings. The summed E-state index contributed by atoms with van der Waals surface area (Å²) in [7, 11) is -5.05. The predicted octanol–water partition coefficient (Wildman–Crippen LogP) is 8.52. The number of aliphatic hydroxyl groups excluding tert-OH is 5. The molecule has 0 heterocycles. The van der Waals surface area contributed by atoms with Crippen molar-refractivity contribution in [3.05, 3.63) is 109 Å². The summed E-state index contributed by atoms with van der Waals surface area (Å²) in [5, 5.41) is 50.1. The summed E-state index contributed by atoms with van der Waals surface area (Å²) in [5.74, 6) is -0.572. The molecule has 0 bridgehead atoms. The number of phosphoric ester groups is 1. The first-order valence-corrected chi connectivity index (χ1v) is 23.2. The molecular weight excluding hydrogens is 787 g/mol. The van der Waals surface area contributed by atoms with Gasteiger partial charge < -0.3 is 39.9 Å². The normalized spacial score (nSPS) is 23.4. The topological polar surface area (TPSA) is 192 Å². The van der Waals surface area contributed by atoms with Gasteiger partial charge >= 0.3 is 13.8 Å². The van der Waals surface area contributed by atoms with Crippen LogP contribution in [0.25, 0.3) is 0 Å². The number of carbonyl (C=O) groups is 1. The second kappa shape index (κ2) is 36.6. The van der Waals surface area contributed by atoms with Crippen LogP contribution in [0, 0.1) is 0 Å². The van der Waals surface area contributed by atoms with Crippen molar-refractivity contribution >= 4 is 13.8 Å². The average Bonchev–Trinajstić information content (AvgIpc) is 3.23. The van der Waals surface area contributed by atoms with E-state index in [1.165, 1.54) is 0 Å². The maximum atomic E-state index is 12.8. The fourth-order valence-electron chi connectivity index (χ4n) is 5.75. The lowest BCUT2D eigenvalue weighted by molar-refractivity contribution is -0.220. The minimum atomic E-state index is -5.05. The Labute approximate surface area is 359 Å². The molecule has 6 atom stereocenters. The molecule has 340 valence electrons. The van der Waals surface area contributed by atoms with Crippen LogP contribution in [0.1, 0.15) is 117 Å². The van der Waals surface area contributed by atoms with Crippen LogP contribution >= 0.6 is 7.82 Å². The van der Waals surface area contributed by atoms with Gasteiger partial charge in [-0.3, -0.25) is 13.8 Å². The summed E-state index contributed by atoms with van der Waals surface area (Å²) in [4.78, 5) is 23.0. The van der Waals surface area contributed by atoms with Gasteiger partial charge in [0, 0.05) is 13.0 Å². The molecule has 0 aromatic carbocycles. The van der Waals surface area contributed by atoms with Crippen LogP contribution in [0.5, 0.6) is 0 Å². The fourth-order valence-corrected chi connectivity index (χ4v) is 6.72. The zero-order chi connectivity index (χ0) is 44.1. The van der Waals surface area contributed by atoms with Crippen molar-refractivity contribution in [2.45, 2.75) is 159 Å². The van der Waals surface area contributed by atoms with Crippen molar-refractivity contribution in [2.24, 2.45) is 0 Å². The van der Waals surface area contributed by atoms with Crippen molar-refractivity contribution in [1.29, 1.82) is 0 Å². The Morgan fingerprint density at radius 2 is 0.933 bits per heavy atom. The summed E-state index contributed by atoms with van der Waals surface area (Å²) in [5.41, 5.74) is 0. The molecule has 1 aliphatic rings. The number of ether oxygens (including phenoxy) is 2. The summed E-state index contributed by atoms with van der Waals surface area (Å²) in [6.07, 6.45) is 39.0. The number of carbonyl (C=O) groups excluding carboxylic acids is 1. The fraction of sp³-hybridized carbons (Fsp3) is 0.596. The SMILES string of the molecule is CC/C=C\C/C=C\C/C=C\C/C=C\C/C=C\CCCCCCOCC(COP(=O)(O)OC1C(O)C(O)C(O)C(O)C1O)OC(=O)CC/C=C\C/C=C\C/C=C\C/C=C\CC. The highest BCUT2D eigenvalue weighted by molar-refractivity contribution is 7.47. The van der Waals surface area contributed by atoms with E-state index in [0.29, 0.717) is 13.0 Å². The molecule has 1 saturated carbocycles. The standard InChI is InChI=1S/C47H75O12P/c1-3-5-7-9-11-13-15-17-18-19-20-21-22-23-25-27-29-31-33-35-37-56-38-40(39-57-60(54,55)59-47-45(52)43(50)42(49)44(51)46(47)53)58-41(48)36-34-32-30-28-26-24-16-14-12-10-8-6-4-2/h5-8,11-14,17-18,20-21,23-26,30,32,40,42-47,49-53H,3-4,9-10,15-16,19,22,27-29,31,33-39H2,1-2H3,(H,54,55)/b7-5-,8-6-,13-11-,14-12-,18-17-,21-20-,25-23-,26-24-,32-30-. The van der Waals surface area contributed by atoms with Gasteiger partial charge in [0.05, 0.1) is 13.2 Å². The van der Waals surface area contributed by atoms with Gasteiger partial charge in [-0.05, 0) is 83.5 Å². The number of aliphatic hydroxyl groups is 5. The number of esters is 1. The Kier molecular flexibility index (Phi) is 33.6. The molecule has 60 heavy (non-hydrogen) atoms. The van der Waals surface area contributed by atoms with E-state index in [1.807, 2.05) is 18.2 Å². The molecule has 1 rings (SSSR count). The highest BCUT2D eigenvalue weighted by Crippen LogP contribution is 2.47. The van der Waals surface area contributed by atoms with Gasteiger partial charge in [-0.15, -0.1) is 0 Å². The molecule has 0 aromatic heterocycles. The summed E-state index contributed by atoms with van der Waals surface area (Å²) in [6, 6.07) is 0. The Balaban J connectivity index is 2.48. The second-order valence-corrected chi connectivity index (χ2v) is 15.8. The first-order chi connectivity index (χ1) is 29.0. The number of unbranched alkanes of at least 4 members (excludes halogenated alkanes) is 4. The lowest BCUT2D eigenvalue weighted by Gasteiger charge is -2.41. The summed E-state index contributed by atoms with van der Waals surface area (Å²) in [6.45, 7) is 3.85. The quantitative estimate of drug-likeness (QED) is 0.0157. The van der Waals surface area contributed by atoms with Crippen LogP contribution in [0.15, 0.2) is 109 Å². The molecule has 6 N–H and O–H groups in total. The van der Waals surface area contributed by atoms with E-state index in [4.69, 9.17) is 18.5 Å². The second-order valence-electron chi connectivity index (χ2n) is 14.4. The number of hydrogen-bond acceptors (Lipinski definition) is 11. The monoisotopic (exact) mass is 862 g/mol.